The molecular formula is C21H27N3O3. The summed E-state index contributed by atoms with van der Waals surface area (Å²) in [5, 5.41) is 2.99. The molecule has 0 aliphatic carbocycles. The van der Waals surface area contributed by atoms with Crippen LogP contribution in [0.15, 0.2) is 36.4 Å². The number of likely N-dealkylation sites (N-methyl/N-ethyl adjacent to an activating group) is 1. The first-order valence-electron chi connectivity index (χ1n) is 9.09. The number of carbonyl (C=O) groups excluding carboxylic acids is 1. The molecule has 0 aromatic heterocycles. The summed E-state index contributed by atoms with van der Waals surface area (Å²) in [6.45, 7) is 6.18. The first kappa shape index (κ1) is 19.0. The molecule has 0 saturated carbocycles. The zero-order chi connectivity index (χ0) is 19.4. The Morgan fingerprint density at radius 3 is 2.37 bits per heavy atom. The summed E-state index contributed by atoms with van der Waals surface area (Å²) in [6, 6.07) is 11.3. The third kappa shape index (κ3) is 4.34. The monoisotopic (exact) mass is 369 g/mol. The highest BCUT2D eigenvalue weighted by Crippen LogP contribution is 2.27. The van der Waals surface area contributed by atoms with Crippen LogP contribution in [0.4, 0.5) is 11.4 Å². The summed E-state index contributed by atoms with van der Waals surface area (Å²) in [7, 11) is 5.27. The maximum Gasteiger partial charge on any atom is 0.259 e. The van der Waals surface area contributed by atoms with Gasteiger partial charge in [-0.05, 0) is 49.9 Å². The molecule has 1 aliphatic rings. The van der Waals surface area contributed by atoms with Gasteiger partial charge in [0.25, 0.3) is 5.91 Å². The van der Waals surface area contributed by atoms with Crippen molar-refractivity contribution >= 4 is 17.3 Å². The number of carbonyl (C=O) groups is 1. The van der Waals surface area contributed by atoms with Crippen molar-refractivity contribution in [3.63, 3.8) is 0 Å². The largest absolute Gasteiger partial charge is 0.497 e. The van der Waals surface area contributed by atoms with E-state index in [0.29, 0.717) is 17.1 Å². The fourth-order valence-corrected chi connectivity index (χ4v) is 3.23. The summed E-state index contributed by atoms with van der Waals surface area (Å²) < 4.78 is 10.5. The number of hydrogen-bond donors (Lipinski definition) is 1. The van der Waals surface area contributed by atoms with Crippen molar-refractivity contribution in [2.45, 2.75) is 6.92 Å². The molecule has 6 nitrogen and oxygen atoms in total. The molecule has 1 heterocycles. The van der Waals surface area contributed by atoms with Gasteiger partial charge >= 0.3 is 0 Å². The molecule has 2 aromatic rings. The normalized spacial score (nSPS) is 14.7. The van der Waals surface area contributed by atoms with Gasteiger partial charge in [-0.2, -0.15) is 0 Å². The number of aryl methyl sites for hydroxylation is 1. The molecule has 0 radical (unpaired) electrons. The molecule has 0 bridgehead atoms. The van der Waals surface area contributed by atoms with E-state index in [1.54, 1.807) is 32.4 Å². The molecular weight excluding hydrogens is 342 g/mol. The van der Waals surface area contributed by atoms with Crippen LogP contribution in [0.5, 0.6) is 11.5 Å². The van der Waals surface area contributed by atoms with E-state index in [2.05, 4.69) is 34.3 Å². The Morgan fingerprint density at radius 1 is 1.00 bits per heavy atom. The molecule has 27 heavy (non-hydrogen) atoms. The fourth-order valence-electron chi connectivity index (χ4n) is 3.23. The van der Waals surface area contributed by atoms with Gasteiger partial charge in [-0.15, -0.1) is 0 Å². The van der Waals surface area contributed by atoms with E-state index in [1.165, 1.54) is 5.69 Å². The van der Waals surface area contributed by atoms with Gasteiger partial charge in [-0.1, -0.05) is 0 Å². The van der Waals surface area contributed by atoms with Crippen molar-refractivity contribution in [1.29, 1.82) is 0 Å². The molecule has 3 rings (SSSR count). The fraction of sp³-hybridized carbons (Fsp3) is 0.381. The van der Waals surface area contributed by atoms with E-state index in [0.717, 1.165) is 37.4 Å². The van der Waals surface area contributed by atoms with Gasteiger partial charge in [0.15, 0.2) is 0 Å². The van der Waals surface area contributed by atoms with E-state index in [9.17, 15) is 4.79 Å². The second-order valence-electron chi connectivity index (χ2n) is 6.81. The molecule has 0 atom stereocenters. The third-order valence-electron chi connectivity index (χ3n) is 4.98. The Kier molecular flexibility index (Phi) is 5.86. The number of nitrogens with one attached hydrogen (secondary N) is 1. The summed E-state index contributed by atoms with van der Waals surface area (Å²) in [4.78, 5) is 17.4. The third-order valence-corrected chi connectivity index (χ3v) is 4.98. The van der Waals surface area contributed by atoms with E-state index >= 15 is 0 Å². The van der Waals surface area contributed by atoms with Gasteiger partial charge in [0.1, 0.15) is 11.5 Å². The van der Waals surface area contributed by atoms with Crippen molar-refractivity contribution in [2.75, 3.05) is 57.7 Å². The van der Waals surface area contributed by atoms with Gasteiger partial charge in [-0.25, -0.2) is 0 Å². The van der Waals surface area contributed by atoms with Gasteiger partial charge in [-0.3, -0.25) is 4.79 Å². The molecule has 0 unspecified atom stereocenters. The minimum atomic E-state index is -0.204. The minimum Gasteiger partial charge on any atom is -0.497 e. The molecule has 6 heteroatoms. The molecule has 1 aliphatic heterocycles. The number of ether oxygens (including phenoxy) is 2. The minimum absolute atomic E-state index is 0.204. The van der Waals surface area contributed by atoms with Gasteiger partial charge in [0.05, 0.1) is 19.8 Å². The Bertz CT molecular complexity index is 814. The molecule has 144 valence electrons. The van der Waals surface area contributed by atoms with Gasteiger partial charge in [0.2, 0.25) is 0 Å². The molecule has 1 amide bonds. The first-order chi connectivity index (χ1) is 13.0. The topological polar surface area (TPSA) is 54.0 Å². The van der Waals surface area contributed by atoms with Crippen LogP contribution in [0.1, 0.15) is 15.9 Å². The van der Waals surface area contributed by atoms with Gasteiger partial charge in [0, 0.05) is 43.6 Å². The van der Waals surface area contributed by atoms with Crippen LogP contribution in [-0.2, 0) is 0 Å². The maximum absolute atomic E-state index is 12.7. The maximum atomic E-state index is 12.7. The predicted octanol–water partition coefficient (Wildman–Crippen LogP) is 3.02. The average Bonchev–Trinajstić information content (AvgIpc) is 2.69. The van der Waals surface area contributed by atoms with Crippen LogP contribution in [0, 0.1) is 6.92 Å². The average molecular weight is 369 g/mol. The van der Waals surface area contributed by atoms with Crippen molar-refractivity contribution in [3.05, 3.63) is 47.5 Å². The van der Waals surface area contributed by atoms with Crippen LogP contribution in [0.25, 0.3) is 0 Å². The second-order valence-corrected chi connectivity index (χ2v) is 6.81. The van der Waals surface area contributed by atoms with Crippen molar-refractivity contribution in [3.8, 4) is 11.5 Å². The Balaban J connectivity index is 1.75. The lowest BCUT2D eigenvalue weighted by atomic mass is 10.1. The SMILES string of the molecule is COc1ccc(C(=O)Nc2ccc(N3CCN(C)CC3)cc2C)c(OC)c1. The number of methoxy groups -OCH3 is 2. The van der Waals surface area contributed by atoms with Crippen LogP contribution >= 0.6 is 0 Å². The smallest absolute Gasteiger partial charge is 0.259 e. The molecule has 1 fully saturated rings. The number of amides is 1. The number of piperazine rings is 1. The summed E-state index contributed by atoms with van der Waals surface area (Å²) in [6.07, 6.45) is 0. The van der Waals surface area contributed by atoms with Crippen LogP contribution < -0.4 is 19.7 Å². The highest BCUT2D eigenvalue weighted by atomic mass is 16.5. The zero-order valence-electron chi connectivity index (χ0n) is 16.4. The Labute approximate surface area is 160 Å². The molecule has 1 saturated heterocycles. The number of hydrogen-bond acceptors (Lipinski definition) is 5. The lowest BCUT2D eigenvalue weighted by Crippen LogP contribution is -2.44. The van der Waals surface area contributed by atoms with Gasteiger partial charge < -0.3 is 24.6 Å². The standard InChI is InChI=1S/C21H27N3O3/c1-15-13-16(24-11-9-23(2)10-12-24)5-8-19(15)22-21(25)18-7-6-17(26-3)14-20(18)27-4/h5-8,13-14H,9-12H2,1-4H3,(H,22,25). The highest BCUT2D eigenvalue weighted by Gasteiger charge is 2.17. The van der Waals surface area contributed by atoms with Crippen molar-refractivity contribution in [2.24, 2.45) is 0 Å². The highest BCUT2D eigenvalue weighted by molar-refractivity contribution is 6.06. The number of rotatable bonds is 5. The first-order valence-corrected chi connectivity index (χ1v) is 9.09. The van der Waals surface area contributed by atoms with Crippen molar-refractivity contribution < 1.29 is 14.3 Å². The summed E-state index contributed by atoms with van der Waals surface area (Å²) >= 11 is 0. The van der Waals surface area contributed by atoms with E-state index < -0.39 is 0 Å². The quantitative estimate of drug-likeness (QED) is 0.878. The van der Waals surface area contributed by atoms with E-state index in [1.807, 2.05) is 13.0 Å². The summed E-state index contributed by atoms with van der Waals surface area (Å²) in [5.74, 6) is 0.930. The van der Waals surface area contributed by atoms with Crippen LogP contribution in [0.3, 0.4) is 0 Å². The van der Waals surface area contributed by atoms with E-state index in [4.69, 9.17) is 9.47 Å². The van der Waals surface area contributed by atoms with E-state index in [-0.39, 0.29) is 5.91 Å². The predicted molar refractivity (Wildman–Crippen MR) is 108 cm³/mol. The molecule has 1 N–H and O–H groups in total. The lowest BCUT2D eigenvalue weighted by molar-refractivity contribution is 0.102. The number of benzene rings is 2. The zero-order valence-corrected chi connectivity index (χ0v) is 16.4. The van der Waals surface area contributed by atoms with Crippen LogP contribution in [-0.4, -0.2) is 58.3 Å². The number of nitrogens with zero attached hydrogens (tertiary/aromatic N) is 2. The van der Waals surface area contributed by atoms with Crippen LogP contribution in [0.2, 0.25) is 0 Å². The number of anilines is 2. The molecule has 2 aromatic carbocycles. The Morgan fingerprint density at radius 2 is 1.74 bits per heavy atom. The summed E-state index contributed by atoms with van der Waals surface area (Å²) in [5.41, 5.74) is 3.50. The Hall–Kier alpha value is -2.73. The van der Waals surface area contributed by atoms with Crippen molar-refractivity contribution in [1.82, 2.24) is 4.90 Å². The molecule has 0 spiro atoms. The lowest BCUT2D eigenvalue weighted by Gasteiger charge is -2.34. The second kappa shape index (κ2) is 8.31.